The lowest BCUT2D eigenvalue weighted by Gasteiger charge is -2.20. The van der Waals surface area contributed by atoms with Gasteiger partial charge < -0.3 is 0 Å². The minimum atomic E-state index is -4.02. The molecular formula is C25H23N7O3S. The summed E-state index contributed by atoms with van der Waals surface area (Å²) in [5, 5.41) is 5.40. The number of hydrogen-bond donors (Lipinski definition) is 4. The Morgan fingerprint density at radius 2 is 1.56 bits per heavy atom. The number of carbonyl (C=O) groups excluding carboxylic acids is 1. The van der Waals surface area contributed by atoms with Gasteiger partial charge in [0.1, 0.15) is 0 Å². The van der Waals surface area contributed by atoms with Crippen molar-refractivity contribution in [1.29, 1.82) is 5.53 Å². The van der Waals surface area contributed by atoms with Gasteiger partial charge in [0.25, 0.3) is 15.9 Å². The molecule has 0 heterocycles. The molecule has 4 rings (SSSR count). The highest BCUT2D eigenvalue weighted by Crippen LogP contribution is 2.28. The lowest BCUT2D eigenvalue weighted by atomic mass is 10.1. The number of rotatable bonds is 8. The fourth-order valence-electron chi connectivity index (χ4n) is 3.60. The number of carbonyl (C=O) groups is 1. The molecule has 182 valence electrons. The Hall–Kier alpha value is -4.58. The van der Waals surface area contributed by atoms with E-state index < -0.39 is 15.9 Å². The van der Waals surface area contributed by atoms with Gasteiger partial charge in [0, 0.05) is 11.5 Å². The fraction of sp³-hybridized carbons (Fsp3) is 0. The molecular weight excluding hydrogens is 478 g/mol. The highest BCUT2D eigenvalue weighted by atomic mass is 32.2. The summed E-state index contributed by atoms with van der Waals surface area (Å²) in [7, 11) is -4.02. The molecule has 0 aliphatic heterocycles. The van der Waals surface area contributed by atoms with Crippen LogP contribution in [0.25, 0.3) is 16.8 Å². The van der Waals surface area contributed by atoms with Crippen LogP contribution in [0.5, 0.6) is 0 Å². The molecule has 0 aromatic heterocycles. The number of nitrogens with two attached hydrogens (primary N) is 2. The minimum Gasteiger partial charge on any atom is -0.268 e. The molecule has 10 nitrogen and oxygen atoms in total. The molecule has 36 heavy (non-hydrogen) atoms. The Morgan fingerprint density at radius 3 is 2.31 bits per heavy atom. The quantitative estimate of drug-likeness (QED) is 0.0932. The van der Waals surface area contributed by atoms with Crippen molar-refractivity contribution in [2.45, 2.75) is 4.90 Å². The molecule has 0 fully saturated rings. The van der Waals surface area contributed by atoms with Gasteiger partial charge in [-0.05, 0) is 47.4 Å². The number of nitrogens with zero attached hydrogens (tertiary/aromatic N) is 3. The van der Waals surface area contributed by atoms with Crippen molar-refractivity contribution >= 4 is 49.8 Å². The Labute approximate surface area is 207 Å². The lowest BCUT2D eigenvalue weighted by molar-refractivity contribution is -0.114. The Morgan fingerprint density at radius 1 is 0.889 bits per heavy atom. The highest BCUT2D eigenvalue weighted by Gasteiger charge is 2.24. The van der Waals surface area contributed by atoms with Gasteiger partial charge in [0.15, 0.2) is 0 Å². The molecule has 6 N–H and O–H groups in total. The molecule has 4 aromatic carbocycles. The zero-order chi connectivity index (χ0) is 25.7. The van der Waals surface area contributed by atoms with Gasteiger partial charge in [-0.1, -0.05) is 65.9 Å². The SMILES string of the molecule is N=NNc1ccccc1N(N)C(=O)/C=C/c1ccc(N(N)S(=O)(=O)c2cccc3ccccc23)cc1. The molecule has 4 aromatic rings. The van der Waals surface area contributed by atoms with Crippen LogP contribution in [0.4, 0.5) is 17.1 Å². The Kier molecular flexibility index (Phi) is 7.06. The number of benzene rings is 4. The van der Waals surface area contributed by atoms with Crippen molar-refractivity contribution in [3.8, 4) is 0 Å². The van der Waals surface area contributed by atoms with E-state index in [1.54, 1.807) is 66.7 Å². The van der Waals surface area contributed by atoms with Gasteiger partial charge >= 0.3 is 0 Å². The summed E-state index contributed by atoms with van der Waals surface area (Å²) in [6.07, 6.45) is 2.81. The fourth-order valence-corrected chi connectivity index (χ4v) is 4.93. The average molecular weight is 502 g/mol. The largest absolute Gasteiger partial charge is 0.278 e. The van der Waals surface area contributed by atoms with Crippen LogP contribution >= 0.6 is 0 Å². The van der Waals surface area contributed by atoms with Gasteiger partial charge in [0.05, 0.1) is 22.0 Å². The van der Waals surface area contributed by atoms with Crippen molar-refractivity contribution in [2.24, 2.45) is 16.9 Å². The number of sulfonamides is 1. The first-order valence-electron chi connectivity index (χ1n) is 10.7. The van der Waals surface area contributed by atoms with Gasteiger partial charge in [-0.3, -0.25) is 10.2 Å². The van der Waals surface area contributed by atoms with Crippen LogP contribution in [-0.2, 0) is 14.8 Å². The normalized spacial score (nSPS) is 11.4. The van der Waals surface area contributed by atoms with E-state index in [-0.39, 0.29) is 10.6 Å². The van der Waals surface area contributed by atoms with E-state index in [1.807, 2.05) is 18.2 Å². The van der Waals surface area contributed by atoms with Crippen molar-refractivity contribution in [2.75, 3.05) is 14.8 Å². The molecule has 0 aliphatic carbocycles. The van der Waals surface area contributed by atoms with E-state index in [4.69, 9.17) is 17.2 Å². The predicted molar refractivity (Wildman–Crippen MR) is 140 cm³/mol. The Bertz CT molecular complexity index is 1550. The number of para-hydroxylation sites is 2. The van der Waals surface area contributed by atoms with Gasteiger partial charge in [0.2, 0.25) is 0 Å². The predicted octanol–water partition coefficient (Wildman–Crippen LogP) is 4.19. The Balaban J connectivity index is 1.52. The summed E-state index contributed by atoms with van der Waals surface area (Å²) in [5.74, 6) is 11.5. The van der Waals surface area contributed by atoms with Crippen LogP contribution in [0.1, 0.15) is 5.56 Å². The number of hydrogen-bond acceptors (Lipinski definition) is 7. The maximum atomic E-state index is 13.2. The smallest absolute Gasteiger partial charge is 0.268 e. The first-order chi connectivity index (χ1) is 17.3. The third kappa shape index (κ3) is 4.93. The van der Waals surface area contributed by atoms with Crippen molar-refractivity contribution in [3.63, 3.8) is 0 Å². The molecule has 0 bridgehead atoms. The van der Waals surface area contributed by atoms with Gasteiger partial charge in [-0.25, -0.2) is 21.1 Å². The van der Waals surface area contributed by atoms with Gasteiger partial charge in [-0.15, -0.1) is 0 Å². The maximum Gasteiger partial charge on any atom is 0.278 e. The number of nitrogens with one attached hydrogen (secondary N) is 2. The van der Waals surface area contributed by atoms with E-state index in [1.165, 1.54) is 18.2 Å². The number of fused-ring (bicyclic) bond motifs is 1. The molecule has 0 radical (unpaired) electrons. The molecule has 0 spiro atoms. The topological polar surface area (TPSA) is 158 Å². The molecule has 1 amide bonds. The third-order valence-corrected chi connectivity index (χ3v) is 7.07. The summed E-state index contributed by atoms with van der Waals surface area (Å²) >= 11 is 0. The second-order valence-corrected chi connectivity index (χ2v) is 9.44. The first-order valence-corrected chi connectivity index (χ1v) is 12.1. The van der Waals surface area contributed by atoms with E-state index in [0.29, 0.717) is 22.3 Å². The van der Waals surface area contributed by atoms with Crippen LogP contribution in [0, 0.1) is 5.53 Å². The first kappa shape index (κ1) is 24.5. The van der Waals surface area contributed by atoms with Crippen molar-refractivity contribution in [1.82, 2.24) is 0 Å². The molecule has 0 atom stereocenters. The number of hydrazine groups is 2. The summed E-state index contributed by atoms with van der Waals surface area (Å²) in [6, 6.07) is 25.2. The van der Waals surface area contributed by atoms with Crippen molar-refractivity contribution < 1.29 is 13.2 Å². The second kappa shape index (κ2) is 10.4. The van der Waals surface area contributed by atoms with Crippen molar-refractivity contribution in [3.05, 3.63) is 103 Å². The molecule has 0 saturated heterocycles. The highest BCUT2D eigenvalue weighted by molar-refractivity contribution is 7.93. The second-order valence-electron chi connectivity index (χ2n) is 7.65. The molecule has 0 saturated carbocycles. The van der Waals surface area contributed by atoms with E-state index in [2.05, 4.69) is 10.6 Å². The van der Waals surface area contributed by atoms with Gasteiger partial charge in [-0.2, -0.15) is 13.9 Å². The number of anilines is 3. The molecule has 11 heteroatoms. The molecule has 0 aliphatic rings. The van der Waals surface area contributed by atoms with Crippen LogP contribution in [0.15, 0.2) is 107 Å². The standard InChI is InChI=1S/C25H23N7O3S/c26-30-29-22-9-3-4-10-23(22)31(27)25(33)17-14-18-12-15-20(16-13-18)32(28)36(34,35)24-11-5-7-19-6-1-2-8-21(19)24/h1-17H,27-28H2,(H2,26,29)/b17-14+. The van der Waals surface area contributed by atoms with Crippen LogP contribution in [0.3, 0.4) is 0 Å². The summed E-state index contributed by atoms with van der Waals surface area (Å²) in [6.45, 7) is 0. The summed E-state index contributed by atoms with van der Waals surface area (Å²) in [4.78, 5) is 12.7. The zero-order valence-electron chi connectivity index (χ0n) is 18.9. The average Bonchev–Trinajstić information content (AvgIpc) is 2.91. The number of amides is 1. The van der Waals surface area contributed by atoms with E-state index >= 15 is 0 Å². The third-order valence-electron chi connectivity index (χ3n) is 5.43. The maximum absolute atomic E-state index is 13.2. The van der Waals surface area contributed by atoms with Crippen LogP contribution < -0.4 is 26.5 Å². The summed E-state index contributed by atoms with van der Waals surface area (Å²) < 4.78 is 27.2. The molecule has 0 unspecified atom stereocenters. The monoisotopic (exact) mass is 501 g/mol. The van der Waals surface area contributed by atoms with Crippen LogP contribution in [-0.4, -0.2) is 14.3 Å². The minimum absolute atomic E-state index is 0.105. The zero-order valence-corrected chi connectivity index (χ0v) is 19.8. The van der Waals surface area contributed by atoms with Crippen LogP contribution in [0.2, 0.25) is 0 Å². The van der Waals surface area contributed by atoms with E-state index in [0.717, 1.165) is 14.8 Å². The van der Waals surface area contributed by atoms with E-state index in [9.17, 15) is 13.2 Å². The summed E-state index contributed by atoms with van der Waals surface area (Å²) in [5.41, 5.74) is 11.0. The lowest BCUT2D eigenvalue weighted by Crippen LogP contribution is -2.37.